The second-order valence-electron chi connectivity index (χ2n) is 7.62. The molecule has 6 nitrogen and oxygen atoms in total. The molecular formula is C19H25F2N5O. The van der Waals surface area contributed by atoms with E-state index in [4.69, 9.17) is 5.73 Å². The van der Waals surface area contributed by atoms with Crippen molar-refractivity contribution in [1.82, 2.24) is 14.5 Å². The van der Waals surface area contributed by atoms with Gasteiger partial charge in [-0.15, -0.1) is 0 Å². The molecule has 2 aromatic rings. The van der Waals surface area contributed by atoms with E-state index >= 15 is 0 Å². The predicted octanol–water partition coefficient (Wildman–Crippen LogP) is 2.06. The number of rotatable bonds is 3. The maximum Gasteiger partial charge on any atom is 0.242 e. The fourth-order valence-corrected chi connectivity index (χ4v) is 4.15. The highest BCUT2D eigenvalue weighted by Gasteiger charge is 2.31. The number of amides is 1. The highest BCUT2D eigenvalue weighted by molar-refractivity contribution is 5.83. The molecule has 0 saturated carbocycles. The molecule has 146 valence electrons. The molecule has 0 radical (unpaired) electrons. The lowest BCUT2D eigenvalue weighted by molar-refractivity contribution is -0.132. The molecule has 2 N–H and O–H groups in total. The van der Waals surface area contributed by atoms with Gasteiger partial charge in [-0.1, -0.05) is 0 Å². The van der Waals surface area contributed by atoms with Gasteiger partial charge < -0.3 is 20.1 Å². The summed E-state index contributed by atoms with van der Waals surface area (Å²) in [5, 5.41) is 0. The van der Waals surface area contributed by atoms with Crippen molar-refractivity contribution in [3.63, 3.8) is 0 Å². The Morgan fingerprint density at radius 3 is 2.85 bits per heavy atom. The number of fused-ring (bicyclic) bond motifs is 1. The van der Waals surface area contributed by atoms with E-state index in [1.807, 2.05) is 16.7 Å². The molecule has 1 amide bonds. The van der Waals surface area contributed by atoms with E-state index in [0.29, 0.717) is 36.5 Å². The molecule has 0 spiro atoms. The fraction of sp³-hybridized carbons (Fsp3) is 0.579. The first-order valence-corrected chi connectivity index (χ1v) is 9.54. The van der Waals surface area contributed by atoms with E-state index in [2.05, 4.69) is 4.98 Å². The normalized spacial score (nSPS) is 26.1. The van der Waals surface area contributed by atoms with Crippen LogP contribution in [-0.2, 0) is 11.3 Å². The van der Waals surface area contributed by atoms with Crippen LogP contribution >= 0.6 is 0 Å². The number of carbonyl (C=O) groups excluding carboxylic acids is 1. The Morgan fingerprint density at radius 2 is 2.15 bits per heavy atom. The molecule has 0 unspecified atom stereocenters. The zero-order valence-electron chi connectivity index (χ0n) is 15.4. The van der Waals surface area contributed by atoms with E-state index < -0.39 is 12.2 Å². The van der Waals surface area contributed by atoms with Crippen LogP contribution in [0.2, 0.25) is 0 Å². The van der Waals surface area contributed by atoms with Gasteiger partial charge in [-0.25, -0.2) is 13.8 Å². The molecule has 8 heteroatoms. The standard InChI is InChI=1S/C19H25F2N5O/c1-12-3-2-7-25(12)18(27)11-26-17-9-13(20)4-5-16(17)23-19(26)24-8-6-14(21)15(22)10-24/h4-5,9,12,14-15H,2-3,6-8,10-11,22H2,1H3/t12-,14-,15-/m1/s1. The summed E-state index contributed by atoms with van der Waals surface area (Å²) in [7, 11) is 0. The molecule has 2 fully saturated rings. The fourth-order valence-electron chi connectivity index (χ4n) is 4.15. The van der Waals surface area contributed by atoms with E-state index in [-0.39, 0.29) is 24.3 Å². The van der Waals surface area contributed by atoms with Crippen molar-refractivity contribution in [3.8, 4) is 0 Å². The van der Waals surface area contributed by atoms with Crippen LogP contribution in [0.25, 0.3) is 11.0 Å². The molecule has 2 aliphatic rings. The minimum Gasteiger partial charge on any atom is -0.340 e. The Balaban J connectivity index is 1.70. The maximum atomic E-state index is 13.9. The third kappa shape index (κ3) is 3.38. The number of hydrogen-bond donors (Lipinski definition) is 1. The highest BCUT2D eigenvalue weighted by atomic mass is 19.1. The van der Waals surface area contributed by atoms with Crippen molar-refractivity contribution < 1.29 is 13.6 Å². The summed E-state index contributed by atoms with van der Waals surface area (Å²) < 4.78 is 29.4. The van der Waals surface area contributed by atoms with Crippen LogP contribution in [0, 0.1) is 5.82 Å². The molecule has 0 bridgehead atoms. The van der Waals surface area contributed by atoms with E-state index in [9.17, 15) is 13.6 Å². The largest absolute Gasteiger partial charge is 0.340 e. The Hall–Kier alpha value is -2.22. The van der Waals surface area contributed by atoms with Gasteiger partial charge in [0.15, 0.2) is 0 Å². The number of benzene rings is 1. The second-order valence-corrected chi connectivity index (χ2v) is 7.62. The number of likely N-dealkylation sites (tertiary alicyclic amines) is 1. The van der Waals surface area contributed by atoms with Crippen LogP contribution in [0.4, 0.5) is 14.7 Å². The van der Waals surface area contributed by atoms with Crippen LogP contribution in [0.3, 0.4) is 0 Å². The number of carbonyl (C=O) groups is 1. The number of nitrogens with two attached hydrogens (primary N) is 1. The number of piperidine rings is 1. The number of halogens is 2. The van der Waals surface area contributed by atoms with Crippen molar-refractivity contribution in [2.75, 3.05) is 24.5 Å². The number of alkyl halides is 1. The Labute approximate surface area is 156 Å². The number of hydrogen-bond acceptors (Lipinski definition) is 4. The smallest absolute Gasteiger partial charge is 0.242 e. The van der Waals surface area contributed by atoms with E-state index in [1.54, 1.807) is 10.6 Å². The van der Waals surface area contributed by atoms with Crippen LogP contribution in [0.15, 0.2) is 18.2 Å². The van der Waals surface area contributed by atoms with Crippen molar-refractivity contribution in [1.29, 1.82) is 0 Å². The lowest BCUT2D eigenvalue weighted by atomic mass is 10.1. The lowest BCUT2D eigenvalue weighted by Gasteiger charge is -2.34. The van der Waals surface area contributed by atoms with Gasteiger partial charge in [0, 0.05) is 25.7 Å². The summed E-state index contributed by atoms with van der Waals surface area (Å²) in [5.74, 6) is 0.170. The SMILES string of the molecule is C[C@@H]1CCCN1C(=O)Cn1c(N2CC[C@@H](F)[C@H](N)C2)nc2ccc(F)cc21. The van der Waals surface area contributed by atoms with Crippen LogP contribution in [0.5, 0.6) is 0 Å². The first-order valence-electron chi connectivity index (χ1n) is 9.54. The first kappa shape index (κ1) is 18.2. The monoisotopic (exact) mass is 377 g/mol. The molecule has 3 atom stereocenters. The van der Waals surface area contributed by atoms with Gasteiger partial charge in [0.25, 0.3) is 0 Å². The minimum absolute atomic E-state index is 0.00510. The molecule has 2 saturated heterocycles. The molecule has 1 aromatic carbocycles. The van der Waals surface area contributed by atoms with Gasteiger partial charge in [-0.2, -0.15) is 0 Å². The summed E-state index contributed by atoms with van der Waals surface area (Å²) in [4.78, 5) is 21.3. The minimum atomic E-state index is -1.04. The third-order valence-electron chi connectivity index (χ3n) is 5.71. The summed E-state index contributed by atoms with van der Waals surface area (Å²) in [6.45, 7) is 3.66. The van der Waals surface area contributed by atoms with Crippen LogP contribution < -0.4 is 10.6 Å². The van der Waals surface area contributed by atoms with Crippen molar-refractivity contribution in [3.05, 3.63) is 24.0 Å². The molecule has 0 aliphatic carbocycles. The number of imidazole rings is 1. The average Bonchev–Trinajstić information content (AvgIpc) is 3.21. The summed E-state index contributed by atoms with van der Waals surface area (Å²) in [6.07, 6.45) is 1.27. The van der Waals surface area contributed by atoms with Gasteiger partial charge in [-0.3, -0.25) is 4.79 Å². The lowest BCUT2D eigenvalue weighted by Crippen LogP contribution is -2.50. The number of anilines is 1. The zero-order chi connectivity index (χ0) is 19.1. The van der Waals surface area contributed by atoms with Gasteiger partial charge in [-0.05, 0) is 44.4 Å². The third-order valence-corrected chi connectivity index (χ3v) is 5.71. The summed E-state index contributed by atoms with van der Waals surface area (Å²) in [5.41, 5.74) is 7.09. The maximum absolute atomic E-state index is 13.9. The number of aromatic nitrogens is 2. The molecule has 2 aliphatic heterocycles. The summed E-state index contributed by atoms with van der Waals surface area (Å²) in [6, 6.07) is 3.97. The van der Waals surface area contributed by atoms with Gasteiger partial charge in [0.2, 0.25) is 11.9 Å². The Bertz CT molecular complexity index is 854. The van der Waals surface area contributed by atoms with Crippen molar-refractivity contribution in [2.24, 2.45) is 5.73 Å². The van der Waals surface area contributed by atoms with E-state index in [1.165, 1.54) is 12.1 Å². The molecule has 3 heterocycles. The Kier molecular flexibility index (Phi) is 4.75. The quantitative estimate of drug-likeness (QED) is 0.889. The molecule has 4 rings (SSSR count). The molecule has 1 aromatic heterocycles. The van der Waals surface area contributed by atoms with E-state index in [0.717, 1.165) is 19.4 Å². The van der Waals surface area contributed by atoms with Crippen molar-refractivity contribution >= 4 is 22.9 Å². The number of nitrogens with zero attached hydrogens (tertiary/aromatic N) is 4. The summed E-state index contributed by atoms with van der Waals surface area (Å²) >= 11 is 0. The molecule has 27 heavy (non-hydrogen) atoms. The van der Waals surface area contributed by atoms with Gasteiger partial charge in [0.1, 0.15) is 18.5 Å². The topological polar surface area (TPSA) is 67.4 Å². The van der Waals surface area contributed by atoms with Crippen LogP contribution in [0.1, 0.15) is 26.2 Å². The van der Waals surface area contributed by atoms with Gasteiger partial charge in [0.05, 0.1) is 17.1 Å². The Morgan fingerprint density at radius 1 is 1.33 bits per heavy atom. The first-order chi connectivity index (χ1) is 12.9. The second kappa shape index (κ2) is 7.07. The zero-order valence-corrected chi connectivity index (χ0v) is 15.4. The highest BCUT2D eigenvalue weighted by Crippen LogP contribution is 2.27. The molecular weight excluding hydrogens is 352 g/mol. The average molecular weight is 377 g/mol. The van der Waals surface area contributed by atoms with Gasteiger partial charge >= 0.3 is 0 Å². The van der Waals surface area contributed by atoms with Crippen molar-refractivity contribution in [2.45, 2.75) is 51.0 Å². The van der Waals surface area contributed by atoms with Crippen LogP contribution in [-0.4, -0.2) is 58.2 Å². The predicted molar refractivity (Wildman–Crippen MR) is 99.8 cm³/mol.